The Balaban J connectivity index is 1.86. The van der Waals surface area contributed by atoms with Crippen LogP contribution in [0.25, 0.3) is 0 Å². The Bertz CT molecular complexity index is 707. The molecule has 2 N–H and O–H groups in total. The lowest BCUT2D eigenvalue weighted by atomic mass is 10.1. The maximum atomic E-state index is 11.9. The van der Waals surface area contributed by atoms with E-state index in [9.17, 15) is 4.79 Å². The number of carbonyl (C=O) groups is 1. The summed E-state index contributed by atoms with van der Waals surface area (Å²) in [4.78, 5) is 11.9. The van der Waals surface area contributed by atoms with Crippen molar-refractivity contribution in [3.63, 3.8) is 0 Å². The van der Waals surface area contributed by atoms with Crippen molar-refractivity contribution >= 4 is 23.3 Å². The second kappa shape index (κ2) is 9.79. The molecule has 0 unspecified atom stereocenters. The molecule has 6 heteroatoms. The molecule has 2 amide bonds. The van der Waals surface area contributed by atoms with E-state index < -0.39 is 0 Å². The van der Waals surface area contributed by atoms with Crippen LogP contribution in [0.4, 0.5) is 10.5 Å². The van der Waals surface area contributed by atoms with E-state index in [0.717, 1.165) is 17.1 Å². The van der Waals surface area contributed by atoms with Gasteiger partial charge in [-0.1, -0.05) is 23.7 Å². The van der Waals surface area contributed by atoms with Gasteiger partial charge in [0.2, 0.25) is 0 Å². The van der Waals surface area contributed by atoms with Crippen LogP contribution in [0.15, 0.2) is 42.5 Å². The van der Waals surface area contributed by atoms with Crippen LogP contribution >= 0.6 is 11.6 Å². The average molecular weight is 363 g/mol. The molecule has 2 rings (SSSR count). The topological polar surface area (TPSA) is 59.6 Å². The number of hydrogen-bond donors (Lipinski definition) is 2. The number of rotatable bonds is 8. The van der Waals surface area contributed by atoms with Gasteiger partial charge in [0.25, 0.3) is 0 Å². The maximum Gasteiger partial charge on any atom is 0.319 e. The molecule has 0 aromatic heterocycles. The monoisotopic (exact) mass is 362 g/mol. The molecule has 134 valence electrons. The Morgan fingerprint density at radius 2 is 1.80 bits per heavy atom. The largest absolute Gasteiger partial charge is 0.490 e. The van der Waals surface area contributed by atoms with Gasteiger partial charge >= 0.3 is 6.03 Å². The molecule has 0 atom stereocenters. The summed E-state index contributed by atoms with van der Waals surface area (Å²) in [7, 11) is 0. The van der Waals surface area contributed by atoms with Crippen LogP contribution < -0.4 is 20.1 Å². The highest BCUT2D eigenvalue weighted by Crippen LogP contribution is 2.28. The molecule has 0 saturated carbocycles. The molecule has 0 fully saturated rings. The van der Waals surface area contributed by atoms with E-state index in [0.29, 0.717) is 36.9 Å². The Morgan fingerprint density at radius 3 is 2.52 bits per heavy atom. The maximum absolute atomic E-state index is 11.9. The van der Waals surface area contributed by atoms with Crippen molar-refractivity contribution in [2.24, 2.45) is 0 Å². The van der Waals surface area contributed by atoms with Gasteiger partial charge < -0.3 is 20.1 Å². The lowest BCUT2D eigenvalue weighted by molar-refractivity contribution is 0.252. The van der Waals surface area contributed by atoms with E-state index in [4.69, 9.17) is 21.1 Å². The number of nitrogens with one attached hydrogen (secondary N) is 2. The van der Waals surface area contributed by atoms with Crippen LogP contribution in [0.3, 0.4) is 0 Å². The molecular formula is C19H23ClN2O3. The van der Waals surface area contributed by atoms with Gasteiger partial charge in [-0.25, -0.2) is 4.79 Å². The summed E-state index contributed by atoms with van der Waals surface area (Å²) in [6.45, 7) is 5.54. The first-order valence-electron chi connectivity index (χ1n) is 8.31. The van der Waals surface area contributed by atoms with Gasteiger partial charge in [-0.05, 0) is 56.2 Å². The first kappa shape index (κ1) is 18.9. The Hall–Kier alpha value is -2.40. The highest BCUT2D eigenvalue weighted by atomic mass is 35.5. The van der Waals surface area contributed by atoms with Crippen LogP contribution in [-0.4, -0.2) is 25.8 Å². The molecule has 0 bridgehead atoms. The lowest BCUT2D eigenvalue weighted by Crippen LogP contribution is -2.30. The van der Waals surface area contributed by atoms with Crippen LogP contribution in [0, 0.1) is 0 Å². The zero-order valence-corrected chi connectivity index (χ0v) is 15.2. The number of hydrogen-bond acceptors (Lipinski definition) is 3. The van der Waals surface area contributed by atoms with Crippen LogP contribution in [0.5, 0.6) is 11.5 Å². The SMILES string of the molecule is CCOc1ccc(CCNC(=O)Nc2cccc(Cl)c2)cc1OCC. The van der Waals surface area contributed by atoms with Crippen molar-refractivity contribution in [1.82, 2.24) is 5.32 Å². The van der Waals surface area contributed by atoms with Crippen LogP contribution in [0.1, 0.15) is 19.4 Å². The Morgan fingerprint density at radius 1 is 1.04 bits per heavy atom. The van der Waals surface area contributed by atoms with Crippen LogP contribution in [0.2, 0.25) is 5.02 Å². The Kier molecular flexibility index (Phi) is 7.41. The van der Waals surface area contributed by atoms with Gasteiger partial charge in [0.05, 0.1) is 13.2 Å². The van der Waals surface area contributed by atoms with E-state index in [2.05, 4.69) is 10.6 Å². The van der Waals surface area contributed by atoms with Crippen molar-refractivity contribution in [2.75, 3.05) is 25.1 Å². The number of ether oxygens (including phenoxy) is 2. The van der Waals surface area contributed by atoms with Crippen molar-refractivity contribution in [3.8, 4) is 11.5 Å². The summed E-state index contributed by atoms with van der Waals surface area (Å²) in [6, 6.07) is 12.6. The summed E-state index contributed by atoms with van der Waals surface area (Å²) in [5, 5.41) is 6.15. The number of halogens is 1. The van der Waals surface area contributed by atoms with Gasteiger partial charge in [-0.2, -0.15) is 0 Å². The Labute approximate surface area is 153 Å². The third-order valence-electron chi connectivity index (χ3n) is 3.39. The molecular weight excluding hydrogens is 340 g/mol. The predicted octanol–water partition coefficient (Wildman–Crippen LogP) is 4.50. The highest BCUT2D eigenvalue weighted by Gasteiger charge is 2.07. The molecule has 2 aromatic rings. The normalized spacial score (nSPS) is 10.2. The van der Waals surface area contributed by atoms with Crippen molar-refractivity contribution in [1.29, 1.82) is 0 Å². The fraction of sp³-hybridized carbons (Fsp3) is 0.316. The van der Waals surface area contributed by atoms with Crippen molar-refractivity contribution in [2.45, 2.75) is 20.3 Å². The highest BCUT2D eigenvalue weighted by molar-refractivity contribution is 6.30. The first-order valence-corrected chi connectivity index (χ1v) is 8.69. The van der Waals surface area contributed by atoms with Gasteiger partial charge in [0, 0.05) is 17.3 Å². The van der Waals surface area contributed by atoms with Crippen molar-refractivity contribution < 1.29 is 14.3 Å². The summed E-state index contributed by atoms with van der Waals surface area (Å²) >= 11 is 5.89. The van der Waals surface area contributed by atoms with E-state index in [1.165, 1.54) is 0 Å². The second-order valence-electron chi connectivity index (χ2n) is 5.29. The van der Waals surface area contributed by atoms with Gasteiger partial charge in [-0.15, -0.1) is 0 Å². The third-order valence-corrected chi connectivity index (χ3v) is 3.62. The lowest BCUT2D eigenvalue weighted by Gasteiger charge is -2.13. The molecule has 0 aliphatic rings. The molecule has 0 aliphatic heterocycles. The van der Waals surface area contributed by atoms with E-state index >= 15 is 0 Å². The number of carbonyl (C=O) groups excluding carboxylic acids is 1. The summed E-state index contributed by atoms with van der Waals surface area (Å²) in [5.74, 6) is 1.46. The minimum absolute atomic E-state index is 0.266. The predicted molar refractivity (Wildman–Crippen MR) is 101 cm³/mol. The van der Waals surface area contributed by atoms with E-state index in [-0.39, 0.29) is 6.03 Å². The summed E-state index contributed by atoms with van der Waals surface area (Å²) < 4.78 is 11.2. The molecule has 0 spiro atoms. The summed E-state index contributed by atoms with van der Waals surface area (Å²) in [5.41, 5.74) is 1.72. The zero-order valence-electron chi connectivity index (χ0n) is 14.5. The quantitative estimate of drug-likeness (QED) is 0.726. The standard InChI is InChI=1S/C19H23ClN2O3/c1-3-24-17-9-8-14(12-18(17)25-4-2)10-11-21-19(23)22-16-7-5-6-15(20)13-16/h5-9,12-13H,3-4,10-11H2,1-2H3,(H2,21,22,23). The van der Waals surface area contributed by atoms with Crippen LogP contribution in [-0.2, 0) is 6.42 Å². The number of benzene rings is 2. The number of urea groups is 1. The molecule has 25 heavy (non-hydrogen) atoms. The van der Waals surface area contributed by atoms with Crippen molar-refractivity contribution in [3.05, 3.63) is 53.1 Å². The van der Waals surface area contributed by atoms with Gasteiger partial charge in [0.1, 0.15) is 0 Å². The fourth-order valence-corrected chi connectivity index (χ4v) is 2.50. The molecule has 5 nitrogen and oxygen atoms in total. The minimum Gasteiger partial charge on any atom is -0.490 e. The molecule has 2 aromatic carbocycles. The number of amides is 2. The number of anilines is 1. The van der Waals surface area contributed by atoms with E-state index in [1.54, 1.807) is 24.3 Å². The van der Waals surface area contributed by atoms with Gasteiger partial charge in [-0.3, -0.25) is 0 Å². The molecule has 0 saturated heterocycles. The average Bonchev–Trinajstić information content (AvgIpc) is 2.57. The third kappa shape index (κ3) is 6.19. The molecule has 0 heterocycles. The first-order chi connectivity index (χ1) is 12.1. The van der Waals surface area contributed by atoms with E-state index in [1.807, 2.05) is 32.0 Å². The fourth-order valence-electron chi connectivity index (χ4n) is 2.31. The minimum atomic E-state index is -0.266. The van der Waals surface area contributed by atoms with Gasteiger partial charge in [0.15, 0.2) is 11.5 Å². The second-order valence-corrected chi connectivity index (χ2v) is 5.72. The zero-order chi connectivity index (χ0) is 18.1. The molecule has 0 aliphatic carbocycles. The summed E-state index contributed by atoms with van der Waals surface area (Å²) in [6.07, 6.45) is 0.690. The smallest absolute Gasteiger partial charge is 0.319 e. The molecule has 0 radical (unpaired) electrons.